The standard InChI is InChI=1S/C27H24ClF4N5O2.C2H3N/c1-27(2,3)39-26(38)37-11-9-36(10-12-37)25-16-13-33-21(20(30)22(16)34-24(35-25)23(31)32)15-6-4-5-14-7-8-17(29)19(28)18(14)15;1-2-3/h4-8,13,23H,9-12H2,1-3H3;1H3. The number of anilines is 1. The summed E-state index contributed by atoms with van der Waals surface area (Å²) in [6.45, 7) is 7.71. The van der Waals surface area contributed by atoms with Crippen molar-refractivity contribution in [2.45, 2.75) is 39.7 Å². The number of nitriles is 1. The molecule has 0 spiro atoms. The van der Waals surface area contributed by atoms with Crippen LogP contribution in [0.4, 0.5) is 28.2 Å². The van der Waals surface area contributed by atoms with Gasteiger partial charge in [0.15, 0.2) is 11.6 Å². The summed E-state index contributed by atoms with van der Waals surface area (Å²) in [5.74, 6) is -2.41. The Kier molecular flexibility index (Phi) is 9.01. The number of nitrogens with zero attached hydrogens (tertiary/aromatic N) is 6. The van der Waals surface area contributed by atoms with Gasteiger partial charge in [0, 0.05) is 50.2 Å². The molecule has 5 rings (SSSR count). The average Bonchev–Trinajstić information content (AvgIpc) is 2.94. The summed E-state index contributed by atoms with van der Waals surface area (Å²) >= 11 is 6.22. The maximum absolute atomic E-state index is 16.0. The number of benzene rings is 2. The molecule has 220 valence electrons. The van der Waals surface area contributed by atoms with E-state index in [0.717, 1.165) is 0 Å². The van der Waals surface area contributed by atoms with Gasteiger partial charge in [-0.3, -0.25) is 4.98 Å². The van der Waals surface area contributed by atoms with Gasteiger partial charge in [-0.2, -0.15) is 5.26 Å². The van der Waals surface area contributed by atoms with Crippen molar-refractivity contribution in [1.82, 2.24) is 19.9 Å². The zero-order valence-corrected chi connectivity index (χ0v) is 24.0. The van der Waals surface area contributed by atoms with E-state index in [1.165, 1.54) is 36.2 Å². The lowest BCUT2D eigenvalue weighted by molar-refractivity contribution is 0.0240. The SMILES string of the molecule is CC#N.CC(C)(C)OC(=O)N1CCN(c2nc(C(F)F)nc3c(F)c(-c4cccc5ccc(F)c(Cl)c45)ncc23)CC1. The fourth-order valence-corrected chi connectivity index (χ4v) is 4.79. The van der Waals surface area contributed by atoms with E-state index in [0.29, 0.717) is 5.39 Å². The highest BCUT2D eigenvalue weighted by atomic mass is 35.5. The van der Waals surface area contributed by atoms with Gasteiger partial charge >= 0.3 is 6.09 Å². The second kappa shape index (κ2) is 12.3. The quantitative estimate of drug-likeness (QED) is 0.227. The van der Waals surface area contributed by atoms with Crippen molar-refractivity contribution in [1.29, 1.82) is 5.26 Å². The summed E-state index contributed by atoms with van der Waals surface area (Å²) < 4.78 is 63.3. The molecule has 4 aromatic rings. The number of pyridine rings is 1. The molecule has 42 heavy (non-hydrogen) atoms. The average molecular weight is 603 g/mol. The molecule has 0 unspecified atom stereocenters. The largest absolute Gasteiger partial charge is 0.444 e. The summed E-state index contributed by atoms with van der Waals surface area (Å²) in [5.41, 5.74) is -1.02. The summed E-state index contributed by atoms with van der Waals surface area (Å²) in [6.07, 6.45) is -2.23. The normalized spacial score (nSPS) is 13.6. The number of fused-ring (bicyclic) bond motifs is 2. The molecule has 8 nitrogen and oxygen atoms in total. The van der Waals surface area contributed by atoms with Crippen LogP contribution >= 0.6 is 11.6 Å². The van der Waals surface area contributed by atoms with Gasteiger partial charge < -0.3 is 14.5 Å². The van der Waals surface area contributed by atoms with Crippen LogP contribution in [0.1, 0.15) is 39.9 Å². The second-order valence-electron chi connectivity index (χ2n) is 10.3. The number of halogens is 5. The van der Waals surface area contributed by atoms with Gasteiger partial charge in [-0.1, -0.05) is 35.9 Å². The lowest BCUT2D eigenvalue weighted by atomic mass is 10.0. The number of amides is 1. The molecule has 1 amide bonds. The number of aromatic nitrogens is 3. The molecule has 1 aliphatic rings. The molecule has 0 saturated carbocycles. The predicted molar refractivity (Wildman–Crippen MR) is 151 cm³/mol. The summed E-state index contributed by atoms with van der Waals surface area (Å²) in [7, 11) is 0. The Balaban J connectivity index is 0.00000129. The van der Waals surface area contributed by atoms with E-state index in [2.05, 4.69) is 15.0 Å². The fraction of sp³-hybridized carbons (Fsp3) is 0.345. The highest BCUT2D eigenvalue weighted by Crippen LogP contribution is 2.38. The van der Waals surface area contributed by atoms with Crippen LogP contribution in [0.3, 0.4) is 0 Å². The van der Waals surface area contributed by atoms with Crippen molar-refractivity contribution >= 4 is 45.2 Å². The molecule has 1 fully saturated rings. The zero-order valence-electron chi connectivity index (χ0n) is 23.3. The highest BCUT2D eigenvalue weighted by molar-refractivity contribution is 6.36. The maximum atomic E-state index is 16.0. The second-order valence-corrected chi connectivity index (χ2v) is 10.7. The summed E-state index contributed by atoms with van der Waals surface area (Å²) in [6, 6.07) is 9.31. The van der Waals surface area contributed by atoms with Crippen LogP contribution in [0.5, 0.6) is 0 Å². The first-order chi connectivity index (χ1) is 19.9. The predicted octanol–water partition coefficient (Wildman–Crippen LogP) is 7.30. The number of rotatable bonds is 3. The third kappa shape index (κ3) is 6.31. The first kappa shape index (κ1) is 30.7. The molecule has 0 radical (unpaired) electrons. The van der Waals surface area contributed by atoms with E-state index in [4.69, 9.17) is 21.6 Å². The summed E-state index contributed by atoms with van der Waals surface area (Å²) in [5, 5.41) is 8.04. The van der Waals surface area contributed by atoms with E-state index < -0.39 is 35.6 Å². The van der Waals surface area contributed by atoms with E-state index in [1.54, 1.807) is 43.9 Å². The van der Waals surface area contributed by atoms with Crippen molar-refractivity contribution in [3.05, 3.63) is 59.0 Å². The van der Waals surface area contributed by atoms with Crippen molar-refractivity contribution in [3.8, 4) is 17.3 Å². The number of carbonyl (C=O) groups excluding carboxylic acids is 1. The van der Waals surface area contributed by atoms with Crippen LogP contribution < -0.4 is 4.90 Å². The van der Waals surface area contributed by atoms with Gasteiger partial charge in [0.25, 0.3) is 6.43 Å². The molecule has 2 aromatic heterocycles. The van der Waals surface area contributed by atoms with E-state index in [1.807, 2.05) is 0 Å². The molecule has 0 aliphatic carbocycles. The van der Waals surface area contributed by atoms with Crippen LogP contribution in [0.25, 0.3) is 32.9 Å². The number of alkyl halides is 2. The molecule has 0 bridgehead atoms. The van der Waals surface area contributed by atoms with Crippen molar-refractivity contribution in [3.63, 3.8) is 0 Å². The van der Waals surface area contributed by atoms with Gasteiger partial charge in [0.2, 0.25) is 0 Å². The van der Waals surface area contributed by atoms with Gasteiger partial charge in [-0.05, 0) is 32.2 Å². The molecule has 1 saturated heterocycles. The fourth-order valence-electron chi connectivity index (χ4n) is 4.52. The minimum Gasteiger partial charge on any atom is -0.444 e. The minimum absolute atomic E-state index is 0.0825. The molecule has 13 heteroatoms. The first-order valence-electron chi connectivity index (χ1n) is 12.9. The van der Waals surface area contributed by atoms with Crippen LogP contribution in [0.2, 0.25) is 5.02 Å². The Hall–Kier alpha value is -4.24. The van der Waals surface area contributed by atoms with Crippen molar-refractivity contribution < 1.29 is 27.1 Å². The maximum Gasteiger partial charge on any atom is 0.410 e. The topological polar surface area (TPSA) is 95.2 Å². The Morgan fingerprint density at radius 3 is 2.38 bits per heavy atom. The van der Waals surface area contributed by atoms with Gasteiger partial charge in [0.05, 0.1) is 16.5 Å². The Morgan fingerprint density at radius 1 is 1.10 bits per heavy atom. The van der Waals surface area contributed by atoms with E-state index in [-0.39, 0.29) is 64.6 Å². The molecule has 1 aliphatic heterocycles. The van der Waals surface area contributed by atoms with E-state index in [9.17, 15) is 18.0 Å². The molecular weight excluding hydrogens is 576 g/mol. The first-order valence-corrected chi connectivity index (χ1v) is 13.3. The molecule has 2 aromatic carbocycles. The number of ether oxygens (including phenoxy) is 1. The van der Waals surface area contributed by atoms with Gasteiger partial charge in [-0.25, -0.2) is 32.3 Å². The van der Waals surface area contributed by atoms with Gasteiger partial charge in [-0.15, -0.1) is 0 Å². The van der Waals surface area contributed by atoms with Gasteiger partial charge in [0.1, 0.15) is 28.4 Å². The molecule has 3 heterocycles. The molecular formula is C29H27ClF4N6O2. The smallest absolute Gasteiger partial charge is 0.410 e. The Labute approximate surface area is 244 Å². The third-order valence-corrected chi connectivity index (χ3v) is 6.67. The minimum atomic E-state index is -3.06. The molecule has 0 atom stereocenters. The van der Waals surface area contributed by atoms with E-state index >= 15 is 4.39 Å². The Bertz CT molecular complexity index is 1680. The lowest BCUT2D eigenvalue weighted by Crippen LogP contribution is -2.50. The molecule has 0 N–H and O–H groups in total. The van der Waals surface area contributed by atoms with Crippen molar-refractivity contribution in [2.75, 3.05) is 31.1 Å². The monoisotopic (exact) mass is 602 g/mol. The number of piperazine rings is 1. The summed E-state index contributed by atoms with van der Waals surface area (Å²) in [4.78, 5) is 27.8. The van der Waals surface area contributed by atoms with Crippen LogP contribution in [-0.4, -0.2) is 57.7 Å². The Morgan fingerprint density at radius 2 is 1.76 bits per heavy atom. The number of hydrogen-bond donors (Lipinski definition) is 0. The number of hydrogen-bond acceptors (Lipinski definition) is 7. The third-order valence-electron chi connectivity index (χ3n) is 6.30. The highest BCUT2D eigenvalue weighted by Gasteiger charge is 2.29. The van der Waals surface area contributed by atoms with Crippen LogP contribution in [0.15, 0.2) is 36.5 Å². The van der Waals surface area contributed by atoms with Crippen LogP contribution in [0, 0.1) is 23.0 Å². The number of carbonyl (C=O) groups is 1. The zero-order chi connectivity index (χ0) is 30.8. The van der Waals surface area contributed by atoms with Crippen LogP contribution in [-0.2, 0) is 4.74 Å². The lowest BCUT2D eigenvalue weighted by Gasteiger charge is -2.36. The van der Waals surface area contributed by atoms with Crippen molar-refractivity contribution in [2.24, 2.45) is 0 Å².